The van der Waals surface area contributed by atoms with E-state index in [-0.39, 0.29) is 18.0 Å². The molecule has 0 saturated carbocycles. The lowest BCUT2D eigenvalue weighted by atomic mass is 10.1. The average Bonchev–Trinajstić information content (AvgIpc) is 2.79. The van der Waals surface area contributed by atoms with E-state index >= 15 is 0 Å². The van der Waals surface area contributed by atoms with Gasteiger partial charge in [0.05, 0.1) is 5.56 Å². The number of hydrogen-bond acceptors (Lipinski definition) is 3. The summed E-state index contributed by atoms with van der Waals surface area (Å²) < 4.78 is 0. The van der Waals surface area contributed by atoms with Crippen LogP contribution in [0.5, 0.6) is 0 Å². The van der Waals surface area contributed by atoms with Gasteiger partial charge in [-0.1, -0.05) is 32.0 Å². The fraction of sp³-hybridized carbons (Fsp3) is 0.440. The number of nitrogens with zero attached hydrogens (tertiary/aromatic N) is 1. The van der Waals surface area contributed by atoms with Crippen molar-refractivity contribution in [3.05, 3.63) is 53.6 Å². The van der Waals surface area contributed by atoms with Crippen LogP contribution in [0.25, 0.3) is 0 Å². The Morgan fingerprint density at radius 2 is 1.74 bits per heavy atom. The Bertz CT molecular complexity index is 906. The Labute approximate surface area is 185 Å². The summed E-state index contributed by atoms with van der Waals surface area (Å²) in [7, 11) is 0. The summed E-state index contributed by atoms with van der Waals surface area (Å²) in [6, 6.07) is 13.1. The molecule has 2 aromatic carbocycles. The van der Waals surface area contributed by atoms with E-state index in [0.717, 1.165) is 55.7 Å². The number of hydrogen-bond donors (Lipinski definition) is 3. The van der Waals surface area contributed by atoms with Crippen LogP contribution in [-0.2, 0) is 6.42 Å². The largest absolute Gasteiger partial charge is 0.371 e. The van der Waals surface area contributed by atoms with Gasteiger partial charge in [-0.15, -0.1) is 0 Å². The van der Waals surface area contributed by atoms with Crippen molar-refractivity contribution >= 4 is 29.0 Å². The lowest BCUT2D eigenvalue weighted by Crippen LogP contribution is -2.35. The SMILES string of the molecule is CCc1ccccc1NC(=O)Nc1ccc(N2CCCCC2)c(C(=O)N[C@@H](C)CC)c1. The first-order valence-corrected chi connectivity index (χ1v) is 11.4. The van der Waals surface area contributed by atoms with Gasteiger partial charge in [-0.2, -0.15) is 0 Å². The summed E-state index contributed by atoms with van der Waals surface area (Å²) in [4.78, 5) is 27.9. The van der Waals surface area contributed by atoms with Gasteiger partial charge in [0.2, 0.25) is 0 Å². The highest BCUT2D eigenvalue weighted by Gasteiger charge is 2.20. The summed E-state index contributed by atoms with van der Waals surface area (Å²) in [5, 5.41) is 8.87. The maximum atomic E-state index is 13.0. The van der Waals surface area contributed by atoms with E-state index in [1.54, 1.807) is 6.07 Å². The molecule has 0 aliphatic carbocycles. The molecule has 2 aromatic rings. The summed E-state index contributed by atoms with van der Waals surface area (Å²) in [6.07, 6.45) is 5.18. The molecule has 1 heterocycles. The summed E-state index contributed by atoms with van der Waals surface area (Å²) in [6.45, 7) is 8.00. The van der Waals surface area contributed by atoms with E-state index in [0.29, 0.717) is 11.3 Å². The van der Waals surface area contributed by atoms with Gasteiger partial charge in [-0.05, 0) is 68.9 Å². The van der Waals surface area contributed by atoms with Crippen LogP contribution >= 0.6 is 0 Å². The van der Waals surface area contributed by atoms with Crippen molar-refractivity contribution in [1.82, 2.24) is 5.32 Å². The first-order chi connectivity index (χ1) is 15.0. The lowest BCUT2D eigenvalue weighted by Gasteiger charge is -2.31. The maximum Gasteiger partial charge on any atom is 0.323 e. The van der Waals surface area contributed by atoms with Crippen LogP contribution in [0, 0.1) is 0 Å². The van der Waals surface area contributed by atoms with E-state index in [1.165, 1.54) is 6.42 Å². The zero-order chi connectivity index (χ0) is 22.2. The van der Waals surface area contributed by atoms with E-state index in [2.05, 4.69) is 27.8 Å². The van der Waals surface area contributed by atoms with Gasteiger partial charge in [0.15, 0.2) is 0 Å². The number of rotatable bonds is 7. The van der Waals surface area contributed by atoms with Crippen LogP contribution in [0.1, 0.15) is 62.4 Å². The van der Waals surface area contributed by atoms with Crippen molar-refractivity contribution in [2.24, 2.45) is 0 Å². The molecule has 3 N–H and O–H groups in total. The normalized spacial score (nSPS) is 14.6. The minimum absolute atomic E-state index is 0.0900. The number of anilines is 3. The molecule has 1 saturated heterocycles. The molecule has 3 amide bonds. The van der Waals surface area contributed by atoms with Crippen molar-refractivity contribution in [3.63, 3.8) is 0 Å². The molecule has 1 aliphatic heterocycles. The third kappa shape index (κ3) is 6.00. The second-order valence-corrected chi connectivity index (χ2v) is 8.15. The smallest absolute Gasteiger partial charge is 0.323 e. The zero-order valence-electron chi connectivity index (χ0n) is 18.8. The summed E-state index contributed by atoms with van der Waals surface area (Å²) >= 11 is 0. The quantitative estimate of drug-likeness (QED) is 0.558. The number of piperidine rings is 1. The second kappa shape index (κ2) is 10.8. The standard InChI is InChI=1S/C25H34N4O2/c1-4-18(3)26-24(30)21-17-20(13-14-23(21)29-15-9-6-10-16-29)27-25(31)28-22-12-8-7-11-19(22)5-2/h7-8,11-14,17-18H,4-6,9-10,15-16H2,1-3H3,(H,26,30)(H2,27,28,31)/t18-/m0/s1. The first kappa shape index (κ1) is 22.7. The maximum absolute atomic E-state index is 13.0. The third-order valence-electron chi connectivity index (χ3n) is 5.83. The number of aryl methyl sites for hydroxylation is 1. The van der Waals surface area contributed by atoms with Gasteiger partial charge >= 0.3 is 6.03 Å². The molecule has 1 atom stereocenters. The minimum Gasteiger partial charge on any atom is -0.371 e. The molecule has 1 aliphatic rings. The highest BCUT2D eigenvalue weighted by molar-refractivity contribution is 6.04. The Morgan fingerprint density at radius 1 is 1.00 bits per heavy atom. The molecular formula is C25H34N4O2. The molecular weight excluding hydrogens is 388 g/mol. The zero-order valence-corrected chi connectivity index (χ0v) is 18.8. The van der Waals surface area contributed by atoms with E-state index < -0.39 is 0 Å². The van der Waals surface area contributed by atoms with Crippen LogP contribution in [0.3, 0.4) is 0 Å². The molecule has 6 heteroatoms. The third-order valence-corrected chi connectivity index (χ3v) is 5.83. The second-order valence-electron chi connectivity index (χ2n) is 8.15. The van der Waals surface area contributed by atoms with Crippen LogP contribution in [-0.4, -0.2) is 31.1 Å². The van der Waals surface area contributed by atoms with Crippen LogP contribution < -0.4 is 20.9 Å². The highest BCUT2D eigenvalue weighted by atomic mass is 16.2. The topological polar surface area (TPSA) is 73.5 Å². The van der Waals surface area contributed by atoms with Crippen molar-refractivity contribution in [2.75, 3.05) is 28.6 Å². The van der Waals surface area contributed by atoms with Crippen molar-refractivity contribution in [1.29, 1.82) is 0 Å². The fourth-order valence-electron chi connectivity index (χ4n) is 3.85. The monoisotopic (exact) mass is 422 g/mol. The molecule has 0 spiro atoms. The van der Waals surface area contributed by atoms with Crippen LogP contribution in [0.2, 0.25) is 0 Å². The summed E-state index contributed by atoms with van der Waals surface area (Å²) in [5.41, 5.74) is 4.01. The van der Waals surface area contributed by atoms with Gasteiger partial charge < -0.3 is 20.9 Å². The van der Waals surface area contributed by atoms with Gasteiger partial charge in [0, 0.05) is 36.2 Å². The fourth-order valence-corrected chi connectivity index (χ4v) is 3.85. The molecule has 166 valence electrons. The average molecular weight is 423 g/mol. The minimum atomic E-state index is -0.320. The molecule has 0 unspecified atom stereocenters. The van der Waals surface area contributed by atoms with Crippen LogP contribution in [0.15, 0.2) is 42.5 Å². The molecule has 0 bridgehead atoms. The molecule has 3 rings (SSSR count). The molecule has 6 nitrogen and oxygen atoms in total. The van der Waals surface area contributed by atoms with Crippen LogP contribution in [0.4, 0.5) is 21.9 Å². The number of nitrogens with one attached hydrogen (secondary N) is 3. The summed E-state index contributed by atoms with van der Waals surface area (Å²) in [5.74, 6) is -0.102. The number of amides is 3. The van der Waals surface area contributed by atoms with Crippen molar-refractivity contribution < 1.29 is 9.59 Å². The Balaban J connectivity index is 1.81. The van der Waals surface area contributed by atoms with Gasteiger partial charge in [0.25, 0.3) is 5.91 Å². The number of benzene rings is 2. The number of carbonyl (C=O) groups is 2. The number of para-hydroxylation sites is 1. The van der Waals surface area contributed by atoms with E-state index in [9.17, 15) is 9.59 Å². The Morgan fingerprint density at radius 3 is 2.45 bits per heavy atom. The van der Waals surface area contributed by atoms with Crippen molar-refractivity contribution in [2.45, 2.75) is 58.9 Å². The predicted molar refractivity (Wildman–Crippen MR) is 128 cm³/mol. The molecule has 31 heavy (non-hydrogen) atoms. The Hall–Kier alpha value is -3.02. The van der Waals surface area contributed by atoms with Gasteiger partial charge in [-0.3, -0.25) is 4.79 Å². The lowest BCUT2D eigenvalue weighted by molar-refractivity contribution is 0.0939. The number of urea groups is 1. The Kier molecular flexibility index (Phi) is 7.93. The van der Waals surface area contributed by atoms with E-state index in [4.69, 9.17) is 0 Å². The van der Waals surface area contributed by atoms with Gasteiger partial charge in [0.1, 0.15) is 0 Å². The first-order valence-electron chi connectivity index (χ1n) is 11.4. The predicted octanol–water partition coefficient (Wildman–Crippen LogP) is 5.41. The molecule has 0 radical (unpaired) electrons. The van der Waals surface area contributed by atoms with Gasteiger partial charge in [-0.25, -0.2) is 4.79 Å². The highest BCUT2D eigenvalue weighted by Crippen LogP contribution is 2.28. The van der Waals surface area contributed by atoms with Crippen molar-refractivity contribution in [3.8, 4) is 0 Å². The number of carbonyl (C=O) groups excluding carboxylic acids is 2. The molecule has 1 fully saturated rings. The van der Waals surface area contributed by atoms with E-state index in [1.807, 2.05) is 50.2 Å². The molecule has 0 aromatic heterocycles.